The number of hydrogen-bond donors (Lipinski definition) is 1. The van der Waals surface area contributed by atoms with E-state index < -0.39 is 0 Å². The molecule has 2 nitrogen and oxygen atoms in total. The van der Waals surface area contributed by atoms with E-state index in [1.165, 1.54) is 6.07 Å². The third-order valence-corrected chi connectivity index (χ3v) is 2.31. The van der Waals surface area contributed by atoms with Gasteiger partial charge in [-0.15, -0.1) is 6.58 Å². The first kappa shape index (κ1) is 12.8. The monoisotopic (exact) mass is 222 g/mol. The molecule has 1 aromatic rings. The molecule has 0 spiro atoms. The lowest BCUT2D eigenvalue weighted by Gasteiger charge is -2.18. The van der Waals surface area contributed by atoms with E-state index in [0.29, 0.717) is 12.1 Å². The van der Waals surface area contributed by atoms with Crippen molar-refractivity contribution in [3.8, 4) is 0 Å². The Kier molecular flexibility index (Phi) is 5.12. The standard InChI is InChI=1S/C13H19FN2/c1-4-7-15-12(9-10(2)3)13-11(14)6-5-8-16-13/h5-6,8,12,15H,2,4,7,9H2,1,3H3. The molecular weight excluding hydrogens is 203 g/mol. The fourth-order valence-corrected chi connectivity index (χ4v) is 1.59. The van der Waals surface area contributed by atoms with Crippen LogP contribution in [0.25, 0.3) is 0 Å². The number of nitrogens with one attached hydrogen (secondary N) is 1. The van der Waals surface area contributed by atoms with E-state index in [1.54, 1.807) is 12.3 Å². The molecule has 1 heterocycles. The van der Waals surface area contributed by atoms with Crippen molar-refractivity contribution >= 4 is 0 Å². The molecule has 1 atom stereocenters. The predicted octanol–water partition coefficient (Wildman–Crippen LogP) is 3.23. The molecule has 0 aliphatic carbocycles. The molecule has 3 heteroatoms. The number of nitrogens with zero attached hydrogens (tertiary/aromatic N) is 1. The van der Waals surface area contributed by atoms with E-state index in [1.807, 2.05) is 6.92 Å². The molecular formula is C13H19FN2. The highest BCUT2D eigenvalue weighted by molar-refractivity contribution is 5.14. The Hall–Kier alpha value is -1.22. The van der Waals surface area contributed by atoms with Crippen LogP contribution in [0.3, 0.4) is 0 Å². The van der Waals surface area contributed by atoms with Crippen molar-refractivity contribution in [2.24, 2.45) is 0 Å². The van der Waals surface area contributed by atoms with Gasteiger partial charge in [0.1, 0.15) is 5.82 Å². The van der Waals surface area contributed by atoms with Crippen LogP contribution in [-0.4, -0.2) is 11.5 Å². The van der Waals surface area contributed by atoms with Gasteiger partial charge in [0.05, 0.1) is 11.7 Å². The van der Waals surface area contributed by atoms with E-state index in [9.17, 15) is 4.39 Å². The SMILES string of the molecule is C=C(C)CC(NCCC)c1ncccc1F. The number of rotatable bonds is 6. The van der Waals surface area contributed by atoms with Gasteiger partial charge < -0.3 is 5.32 Å². The molecule has 0 bridgehead atoms. The van der Waals surface area contributed by atoms with E-state index in [2.05, 4.69) is 23.8 Å². The first-order valence-corrected chi connectivity index (χ1v) is 5.63. The van der Waals surface area contributed by atoms with Gasteiger partial charge in [-0.1, -0.05) is 12.5 Å². The van der Waals surface area contributed by atoms with E-state index >= 15 is 0 Å². The molecule has 0 radical (unpaired) electrons. The lowest BCUT2D eigenvalue weighted by atomic mass is 10.0. The summed E-state index contributed by atoms with van der Waals surface area (Å²) in [5.74, 6) is -0.252. The Morgan fingerprint density at radius 1 is 1.62 bits per heavy atom. The summed E-state index contributed by atoms with van der Waals surface area (Å²) in [7, 11) is 0. The Bertz CT molecular complexity index is 350. The lowest BCUT2D eigenvalue weighted by molar-refractivity contribution is 0.482. The number of hydrogen-bond acceptors (Lipinski definition) is 2. The average molecular weight is 222 g/mol. The maximum Gasteiger partial charge on any atom is 0.146 e. The van der Waals surface area contributed by atoms with Crippen molar-refractivity contribution < 1.29 is 4.39 Å². The van der Waals surface area contributed by atoms with Crippen molar-refractivity contribution in [1.82, 2.24) is 10.3 Å². The molecule has 0 saturated carbocycles. The van der Waals surface area contributed by atoms with Crippen LogP contribution in [0, 0.1) is 5.82 Å². The van der Waals surface area contributed by atoms with Gasteiger partial charge in [0.15, 0.2) is 0 Å². The first-order valence-electron chi connectivity index (χ1n) is 5.63. The summed E-state index contributed by atoms with van der Waals surface area (Å²) in [5, 5.41) is 3.29. The second-order valence-electron chi connectivity index (χ2n) is 4.04. The van der Waals surface area contributed by atoms with Gasteiger partial charge in [0, 0.05) is 6.20 Å². The molecule has 0 amide bonds. The van der Waals surface area contributed by atoms with Gasteiger partial charge in [-0.05, 0) is 38.4 Å². The van der Waals surface area contributed by atoms with E-state index in [0.717, 1.165) is 18.5 Å². The van der Waals surface area contributed by atoms with Crippen molar-refractivity contribution in [3.05, 3.63) is 42.0 Å². The molecule has 1 aromatic heterocycles. The van der Waals surface area contributed by atoms with Crippen LogP contribution in [0.1, 0.15) is 38.4 Å². The van der Waals surface area contributed by atoms with Crippen LogP contribution in [-0.2, 0) is 0 Å². The Morgan fingerprint density at radius 3 is 2.94 bits per heavy atom. The molecule has 88 valence electrons. The summed E-state index contributed by atoms with van der Waals surface area (Å²) >= 11 is 0. The van der Waals surface area contributed by atoms with Crippen molar-refractivity contribution in [2.75, 3.05) is 6.54 Å². The summed E-state index contributed by atoms with van der Waals surface area (Å²) in [6.45, 7) is 8.75. The topological polar surface area (TPSA) is 24.9 Å². The molecule has 0 aliphatic heterocycles. The Labute approximate surface area is 96.6 Å². The molecule has 1 rings (SSSR count). The average Bonchev–Trinajstić information content (AvgIpc) is 2.24. The van der Waals surface area contributed by atoms with Gasteiger partial charge in [0.25, 0.3) is 0 Å². The van der Waals surface area contributed by atoms with Crippen LogP contribution < -0.4 is 5.32 Å². The van der Waals surface area contributed by atoms with Crippen LogP contribution in [0.5, 0.6) is 0 Å². The zero-order valence-electron chi connectivity index (χ0n) is 9.96. The second-order valence-corrected chi connectivity index (χ2v) is 4.04. The first-order chi connectivity index (χ1) is 7.65. The summed E-state index contributed by atoms with van der Waals surface area (Å²) in [6.07, 6.45) is 3.35. The zero-order chi connectivity index (χ0) is 12.0. The fourth-order valence-electron chi connectivity index (χ4n) is 1.59. The third-order valence-electron chi connectivity index (χ3n) is 2.31. The summed E-state index contributed by atoms with van der Waals surface area (Å²) in [6, 6.07) is 2.98. The number of pyridine rings is 1. The molecule has 0 saturated heterocycles. The normalized spacial score (nSPS) is 12.4. The quantitative estimate of drug-likeness (QED) is 0.747. The largest absolute Gasteiger partial charge is 0.308 e. The summed E-state index contributed by atoms with van der Waals surface area (Å²) in [4.78, 5) is 4.11. The van der Waals surface area contributed by atoms with E-state index in [4.69, 9.17) is 0 Å². The number of aromatic nitrogens is 1. The maximum absolute atomic E-state index is 13.6. The number of halogens is 1. The Morgan fingerprint density at radius 2 is 2.38 bits per heavy atom. The summed E-state index contributed by atoms with van der Waals surface area (Å²) in [5.41, 5.74) is 1.51. The van der Waals surface area contributed by atoms with E-state index in [-0.39, 0.29) is 11.9 Å². The van der Waals surface area contributed by atoms with Crippen molar-refractivity contribution in [1.29, 1.82) is 0 Å². The molecule has 0 fully saturated rings. The fraction of sp³-hybridized carbons (Fsp3) is 0.462. The zero-order valence-corrected chi connectivity index (χ0v) is 9.96. The van der Waals surface area contributed by atoms with Gasteiger partial charge in [-0.3, -0.25) is 4.98 Å². The minimum atomic E-state index is -0.252. The van der Waals surface area contributed by atoms with Crippen molar-refractivity contribution in [3.63, 3.8) is 0 Å². The van der Waals surface area contributed by atoms with Gasteiger partial charge in [0.2, 0.25) is 0 Å². The third kappa shape index (κ3) is 3.74. The van der Waals surface area contributed by atoms with Crippen LogP contribution in [0.4, 0.5) is 4.39 Å². The molecule has 1 N–H and O–H groups in total. The predicted molar refractivity (Wildman–Crippen MR) is 64.7 cm³/mol. The van der Waals surface area contributed by atoms with Gasteiger partial charge in [-0.25, -0.2) is 4.39 Å². The highest BCUT2D eigenvalue weighted by atomic mass is 19.1. The van der Waals surface area contributed by atoms with Crippen LogP contribution in [0.15, 0.2) is 30.5 Å². The molecule has 0 aliphatic rings. The van der Waals surface area contributed by atoms with Crippen LogP contribution in [0.2, 0.25) is 0 Å². The van der Waals surface area contributed by atoms with Crippen molar-refractivity contribution in [2.45, 2.75) is 32.7 Å². The molecule has 1 unspecified atom stereocenters. The maximum atomic E-state index is 13.6. The highest BCUT2D eigenvalue weighted by Crippen LogP contribution is 2.20. The minimum Gasteiger partial charge on any atom is -0.308 e. The summed E-state index contributed by atoms with van der Waals surface area (Å²) < 4.78 is 13.6. The highest BCUT2D eigenvalue weighted by Gasteiger charge is 2.15. The van der Waals surface area contributed by atoms with Gasteiger partial charge >= 0.3 is 0 Å². The van der Waals surface area contributed by atoms with Gasteiger partial charge in [-0.2, -0.15) is 0 Å². The van der Waals surface area contributed by atoms with Crippen LogP contribution >= 0.6 is 0 Å². The lowest BCUT2D eigenvalue weighted by Crippen LogP contribution is -2.24. The minimum absolute atomic E-state index is 0.0707. The molecule has 16 heavy (non-hydrogen) atoms. The smallest absolute Gasteiger partial charge is 0.146 e. The second kappa shape index (κ2) is 6.38. The molecule has 0 aromatic carbocycles. The Balaban J connectivity index is 2.82.